The van der Waals surface area contributed by atoms with E-state index in [1.165, 1.54) is 12.1 Å². The fraction of sp³-hybridized carbons (Fsp3) is 0.500. The van der Waals surface area contributed by atoms with Crippen LogP contribution in [0.25, 0.3) is 0 Å². The van der Waals surface area contributed by atoms with Crippen molar-refractivity contribution in [3.63, 3.8) is 0 Å². The Hall–Kier alpha value is -1.24. The van der Waals surface area contributed by atoms with Gasteiger partial charge in [-0.25, -0.2) is 0 Å². The van der Waals surface area contributed by atoms with E-state index in [1.54, 1.807) is 5.57 Å². The first-order valence-corrected chi connectivity index (χ1v) is 6.63. The predicted octanol–water partition coefficient (Wildman–Crippen LogP) is 4.34. The molecule has 0 fully saturated rings. The van der Waals surface area contributed by atoms with Crippen molar-refractivity contribution in [3.8, 4) is 0 Å². The van der Waals surface area contributed by atoms with Crippen molar-refractivity contribution in [1.29, 1.82) is 0 Å². The molecule has 92 valence electrons. The summed E-state index contributed by atoms with van der Waals surface area (Å²) in [7, 11) is 0. The number of para-hydroxylation sites is 1. The highest BCUT2D eigenvalue weighted by Gasteiger charge is 2.26. The Labute approximate surface area is 105 Å². The summed E-state index contributed by atoms with van der Waals surface area (Å²) in [4.78, 5) is 0. The summed E-state index contributed by atoms with van der Waals surface area (Å²) in [5.74, 6) is 2.22. The maximum Gasteiger partial charge on any atom is 0.0340 e. The standard InChI is InChI=1S/C16H23N/c1-12-9-13(2)16(14(3)10-12)11-17-15-7-5-4-6-8-15/h4-9,13-14,16-17H,10-11H2,1-3H3/t13-,14-,16-/m1/s1. The van der Waals surface area contributed by atoms with Crippen LogP contribution in [-0.2, 0) is 0 Å². The Kier molecular flexibility index (Phi) is 3.88. The van der Waals surface area contributed by atoms with Crippen molar-refractivity contribution in [2.75, 3.05) is 11.9 Å². The molecule has 0 bridgehead atoms. The first-order valence-electron chi connectivity index (χ1n) is 6.63. The van der Waals surface area contributed by atoms with Gasteiger partial charge in [-0.2, -0.15) is 0 Å². The minimum Gasteiger partial charge on any atom is -0.385 e. The largest absolute Gasteiger partial charge is 0.385 e. The van der Waals surface area contributed by atoms with Gasteiger partial charge in [0.15, 0.2) is 0 Å². The van der Waals surface area contributed by atoms with Crippen LogP contribution in [0.2, 0.25) is 0 Å². The first-order chi connectivity index (χ1) is 8.16. The fourth-order valence-corrected chi connectivity index (χ4v) is 3.00. The zero-order valence-corrected chi connectivity index (χ0v) is 11.1. The molecule has 0 saturated carbocycles. The van der Waals surface area contributed by atoms with E-state index in [4.69, 9.17) is 0 Å². The van der Waals surface area contributed by atoms with Crippen LogP contribution in [0.15, 0.2) is 42.0 Å². The second-order valence-electron chi connectivity index (χ2n) is 5.46. The van der Waals surface area contributed by atoms with Crippen LogP contribution in [0.4, 0.5) is 5.69 Å². The summed E-state index contributed by atoms with van der Waals surface area (Å²) >= 11 is 0. The lowest BCUT2D eigenvalue weighted by Crippen LogP contribution is -2.29. The van der Waals surface area contributed by atoms with Gasteiger partial charge in [0.05, 0.1) is 0 Å². The third-order valence-electron chi connectivity index (χ3n) is 3.91. The van der Waals surface area contributed by atoms with Crippen molar-refractivity contribution >= 4 is 5.69 Å². The lowest BCUT2D eigenvalue weighted by Gasteiger charge is -2.33. The number of anilines is 1. The maximum atomic E-state index is 3.56. The second-order valence-corrected chi connectivity index (χ2v) is 5.46. The molecule has 0 heterocycles. The molecule has 1 heteroatoms. The molecule has 0 saturated heterocycles. The van der Waals surface area contributed by atoms with E-state index in [0.29, 0.717) is 5.92 Å². The van der Waals surface area contributed by atoms with Crippen LogP contribution >= 0.6 is 0 Å². The van der Waals surface area contributed by atoms with Crippen LogP contribution in [-0.4, -0.2) is 6.54 Å². The van der Waals surface area contributed by atoms with E-state index in [1.807, 2.05) is 0 Å². The third kappa shape index (κ3) is 3.12. The molecular formula is C16H23N. The molecule has 0 aliphatic heterocycles. The van der Waals surface area contributed by atoms with E-state index in [2.05, 4.69) is 62.5 Å². The third-order valence-corrected chi connectivity index (χ3v) is 3.91. The molecule has 0 amide bonds. The summed E-state index contributed by atoms with van der Waals surface area (Å²) in [6.07, 6.45) is 3.70. The number of rotatable bonds is 3. The van der Waals surface area contributed by atoms with Gasteiger partial charge in [0, 0.05) is 12.2 Å². The number of hydrogen-bond acceptors (Lipinski definition) is 1. The molecule has 1 aliphatic rings. The minimum atomic E-state index is 0.690. The fourth-order valence-electron chi connectivity index (χ4n) is 3.00. The number of nitrogens with one attached hydrogen (secondary N) is 1. The van der Waals surface area contributed by atoms with E-state index in [-0.39, 0.29) is 0 Å². The van der Waals surface area contributed by atoms with Crippen molar-refractivity contribution in [3.05, 3.63) is 42.0 Å². The van der Waals surface area contributed by atoms with Gasteiger partial charge < -0.3 is 5.32 Å². The summed E-state index contributed by atoms with van der Waals surface area (Å²) in [6.45, 7) is 8.06. The van der Waals surface area contributed by atoms with Crippen molar-refractivity contribution in [2.24, 2.45) is 17.8 Å². The zero-order chi connectivity index (χ0) is 12.3. The van der Waals surface area contributed by atoms with Gasteiger partial charge in [-0.15, -0.1) is 0 Å². The zero-order valence-electron chi connectivity index (χ0n) is 11.1. The lowest BCUT2D eigenvalue weighted by molar-refractivity contribution is 0.287. The van der Waals surface area contributed by atoms with Crippen LogP contribution < -0.4 is 5.32 Å². The van der Waals surface area contributed by atoms with Crippen molar-refractivity contribution in [2.45, 2.75) is 27.2 Å². The van der Waals surface area contributed by atoms with Gasteiger partial charge >= 0.3 is 0 Å². The van der Waals surface area contributed by atoms with Crippen LogP contribution in [0.5, 0.6) is 0 Å². The normalized spacial score (nSPS) is 28.6. The lowest BCUT2D eigenvalue weighted by atomic mass is 9.75. The number of benzene rings is 1. The Morgan fingerprint density at radius 2 is 1.88 bits per heavy atom. The smallest absolute Gasteiger partial charge is 0.0340 e. The highest BCUT2D eigenvalue weighted by atomic mass is 14.9. The Morgan fingerprint density at radius 3 is 2.53 bits per heavy atom. The molecule has 1 aromatic rings. The number of allylic oxidation sites excluding steroid dienone is 2. The summed E-state index contributed by atoms with van der Waals surface area (Å²) in [5.41, 5.74) is 2.79. The highest BCUT2D eigenvalue weighted by molar-refractivity contribution is 5.42. The first kappa shape index (κ1) is 12.2. The summed E-state index contributed by atoms with van der Waals surface area (Å²) in [6, 6.07) is 10.5. The highest BCUT2D eigenvalue weighted by Crippen LogP contribution is 2.33. The molecule has 0 aromatic heterocycles. The molecule has 1 aliphatic carbocycles. The molecule has 1 N–H and O–H groups in total. The van der Waals surface area contributed by atoms with Gasteiger partial charge in [0.1, 0.15) is 0 Å². The molecular weight excluding hydrogens is 206 g/mol. The Balaban J connectivity index is 1.95. The van der Waals surface area contributed by atoms with Gasteiger partial charge in [0.2, 0.25) is 0 Å². The average Bonchev–Trinajstić information content (AvgIpc) is 2.29. The van der Waals surface area contributed by atoms with E-state index in [0.717, 1.165) is 18.4 Å². The minimum absolute atomic E-state index is 0.690. The van der Waals surface area contributed by atoms with E-state index in [9.17, 15) is 0 Å². The topological polar surface area (TPSA) is 12.0 Å². The molecule has 3 atom stereocenters. The molecule has 17 heavy (non-hydrogen) atoms. The predicted molar refractivity (Wildman–Crippen MR) is 75.1 cm³/mol. The van der Waals surface area contributed by atoms with Crippen molar-refractivity contribution < 1.29 is 0 Å². The average molecular weight is 229 g/mol. The molecule has 1 aromatic carbocycles. The van der Waals surface area contributed by atoms with Crippen molar-refractivity contribution in [1.82, 2.24) is 0 Å². The second kappa shape index (κ2) is 5.39. The van der Waals surface area contributed by atoms with Gasteiger partial charge in [-0.3, -0.25) is 0 Å². The SMILES string of the molecule is CC1=C[C@@H](C)[C@@H](CNc2ccccc2)[C@H](C)C1. The number of hydrogen-bond donors (Lipinski definition) is 1. The Bertz CT molecular complexity index is 380. The van der Waals surface area contributed by atoms with Gasteiger partial charge in [-0.05, 0) is 43.2 Å². The van der Waals surface area contributed by atoms with E-state index >= 15 is 0 Å². The maximum absolute atomic E-state index is 3.56. The Morgan fingerprint density at radius 1 is 1.18 bits per heavy atom. The van der Waals surface area contributed by atoms with E-state index < -0.39 is 0 Å². The quantitative estimate of drug-likeness (QED) is 0.760. The molecule has 0 spiro atoms. The molecule has 1 nitrogen and oxygen atoms in total. The van der Waals surface area contributed by atoms with Gasteiger partial charge in [0.25, 0.3) is 0 Å². The molecule has 0 unspecified atom stereocenters. The van der Waals surface area contributed by atoms with Crippen LogP contribution in [0.3, 0.4) is 0 Å². The van der Waals surface area contributed by atoms with Crippen LogP contribution in [0.1, 0.15) is 27.2 Å². The van der Waals surface area contributed by atoms with Crippen LogP contribution in [0, 0.1) is 17.8 Å². The molecule has 0 radical (unpaired) electrons. The molecule has 2 rings (SSSR count). The van der Waals surface area contributed by atoms with Gasteiger partial charge in [-0.1, -0.05) is 43.7 Å². The summed E-state index contributed by atoms with van der Waals surface area (Å²) in [5, 5.41) is 3.56. The summed E-state index contributed by atoms with van der Waals surface area (Å²) < 4.78 is 0. The monoisotopic (exact) mass is 229 g/mol.